The van der Waals surface area contributed by atoms with Crippen molar-refractivity contribution in [3.05, 3.63) is 115 Å². The molecule has 4 rings (SSSR count). The summed E-state index contributed by atoms with van der Waals surface area (Å²) in [5.41, 5.74) is 7.22. The largest absolute Gasteiger partial charge is 0.496 e. The highest BCUT2D eigenvalue weighted by atomic mass is 79.9. The first-order chi connectivity index (χ1) is 19.5. The number of anilines is 1. The Kier molecular flexibility index (Phi) is 9.82. The minimum Gasteiger partial charge on any atom is -0.496 e. The van der Waals surface area contributed by atoms with E-state index in [0.717, 1.165) is 33.7 Å². The molecule has 0 saturated carbocycles. The van der Waals surface area contributed by atoms with Crippen LogP contribution in [0.25, 0.3) is 0 Å². The van der Waals surface area contributed by atoms with Crippen LogP contribution in [0.3, 0.4) is 0 Å². The van der Waals surface area contributed by atoms with Crippen molar-refractivity contribution < 1.29 is 19.4 Å². The van der Waals surface area contributed by atoms with Crippen molar-refractivity contribution in [1.82, 2.24) is 0 Å². The molecule has 0 aromatic heterocycles. The summed E-state index contributed by atoms with van der Waals surface area (Å²) in [7, 11) is 5.77. The Balaban J connectivity index is 1.96. The summed E-state index contributed by atoms with van der Waals surface area (Å²) in [4.78, 5) is 13.4. The molecule has 1 N–H and O–H groups in total. The highest BCUT2D eigenvalue weighted by Gasteiger charge is 2.26. The lowest BCUT2D eigenvalue weighted by Crippen LogP contribution is -2.10. The van der Waals surface area contributed by atoms with Gasteiger partial charge in [-0.3, -0.25) is 4.79 Å². The number of carboxylic acid groups (broad SMARTS) is 1. The summed E-state index contributed by atoms with van der Waals surface area (Å²) < 4.78 is 14.0. The number of hydrogen-bond acceptors (Lipinski definition) is 4. The van der Waals surface area contributed by atoms with E-state index in [9.17, 15) is 9.90 Å². The molecule has 0 aliphatic heterocycles. The Morgan fingerprint density at radius 2 is 1.51 bits per heavy atom. The lowest BCUT2D eigenvalue weighted by molar-refractivity contribution is -0.136. The zero-order chi connectivity index (χ0) is 29.8. The van der Waals surface area contributed by atoms with E-state index in [0.29, 0.717) is 26.0 Å². The van der Waals surface area contributed by atoms with Crippen molar-refractivity contribution in [3.8, 4) is 17.2 Å². The van der Waals surface area contributed by atoms with Gasteiger partial charge in [0.05, 0.1) is 22.5 Å². The molecular weight excluding hydrogens is 646 g/mol. The van der Waals surface area contributed by atoms with Gasteiger partial charge >= 0.3 is 5.97 Å². The Hall–Kier alpha value is -3.29. The second-order valence-corrected chi connectivity index (χ2v) is 12.4. The number of nitrogens with zero attached hydrogens (tertiary/aromatic N) is 1. The molecule has 1 atom stereocenters. The van der Waals surface area contributed by atoms with E-state index < -0.39 is 5.97 Å². The Morgan fingerprint density at radius 3 is 2.05 bits per heavy atom. The van der Waals surface area contributed by atoms with Gasteiger partial charge in [0.1, 0.15) is 11.5 Å². The molecule has 0 spiro atoms. The van der Waals surface area contributed by atoms with Crippen LogP contribution in [-0.2, 0) is 11.2 Å². The highest BCUT2D eigenvalue weighted by Crippen LogP contribution is 2.46. The minimum atomic E-state index is -0.891. The number of halogens is 2. The van der Waals surface area contributed by atoms with Gasteiger partial charge in [0, 0.05) is 36.8 Å². The lowest BCUT2D eigenvalue weighted by Gasteiger charge is -2.26. The molecule has 7 heteroatoms. The normalized spacial score (nSPS) is 11.8. The van der Waals surface area contributed by atoms with Gasteiger partial charge < -0.3 is 19.5 Å². The number of rotatable bonds is 10. The zero-order valence-corrected chi connectivity index (χ0v) is 27.3. The van der Waals surface area contributed by atoms with Crippen LogP contribution in [0, 0.1) is 6.92 Å². The van der Waals surface area contributed by atoms with Gasteiger partial charge in [-0.05, 0) is 97.8 Å². The van der Waals surface area contributed by atoms with E-state index in [1.165, 1.54) is 5.56 Å². The number of carboxylic acids is 1. The molecule has 4 aromatic carbocycles. The van der Waals surface area contributed by atoms with Crippen molar-refractivity contribution in [1.29, 1.82) is 0 Å². The van der Waals surface area contributed by atoms with Crippen molar-refractivity contribution in [2.75, 3.05) is 26.1 Å². The van der Waals surface area contributed by atoms with Crippen molar-refractivity contribution >= 4 is 43.5 Å². The van der Waals surface area contributed by atoms with Crippen LogP contribution < -0.4 is 14.4 Å². The molecule has 5 nitrogen and oxygen atoms in total. The van der Waals surface area contributed by atoms with Gasteiger partial charge in [-0.2, -0.15) is 0 Å². The zero-order valence-electron chi connectivity index (χ0n) is 24.2. The van der Waals surface area contributed by atoms with E-state index in [2.05, 4.69) is 118 Å². The van der Waals surface area contributed by atoms with Crippen LogP contribution in [0.4, 0.5) is 5.69 Å². The summed E-state index contributed by atoms with van der Waals surface area (Å²) in [5, 5.41) is 9.29. The minimum absolute atomic E-state index is 0.0822. The second kappa shape index (κ2) is 13.1. The van der Waals surface area contributed by atoms with Crippen LogP contribution in [0.2, 0.25) is 0 Å². The quantitative estimate of drug-likeness (QED) is 0.169. The molecule has 0 aliphatic rings. The van der Waals surface area contributed by atoms with Gasteiger partial charge in [0.25, 0.3) is 0 Å². The molecule has 1 unspecified atom stereocenters. The predicted octanol–water partition coefficient (Wildman–Crippen LogP) is 9.32. The van der Waals surface area contributed by atoms with Gasteiger partial charge in [0.2, 0.25) is 0 Å². The van der Waals surface area contributed by atoms with E-state index in [1.807, 2.05) is 14.1 Å². The molecule has 214 valence electrons. The van der Waals surface area contributed by atoms with Crippen LogP contribution in [0.5, 0.6) is 17.2 Å². The van der Waals surface area contributed by atoms with Crippen molar-refractivity contribution in [2.45, 2.75) is 39.0 Å². The molecule has 0 saturated heterocycles. The van der Waals surface area contributed by atoms with Gasteiger partial charge in [-0.1, -0.05) is 55.8 Å². The average Bonchev–Trinajstić information content (AvgIpc) is 2.91. The maximum atomic E-state index is 11.3. The maximum absolute atomic E-state index is 11.3. The molecule has 0 heterocycles. The van der Waals surface area contributed by atoms with Crippen LogP contribution >= 0.6 is 31.9 Å². The Bertz CT molecular complexity index is 1520. The molecule has 0 aliphatic carbocycles. The smallest absolute Gasteiger partial charge is 0.307 e. The van der Waals surface area contributed by atoms with Crippen LogP contribution in [-0.4, -0.2) is 32.3 Å². The van der Waals surface area contributed by atoms with Crippen molar-refractivity contribution in [2.24, 2.45) is 0 Å². The van der Waals surface area contributed by atoms with Crippen molar-refractivity contribution in [3.63, 3.8) is 0 Å². The lowest BCUT2D eigenvalue weighted by atomic mass is 9.82. The molecular formula is C34H35Br2NO4. The van der Waals surface area contributed by atoms with Crippen LogP contribution in [0.15, 0.2) is 81.7 Å². The number of ether oxygens (including phenoxy) is 2. The standard InChI is InChI=1S/C34H35Br2NO4/c1-20(2)26-18-31(41-34-28(35)15-22(16-29(34)36)17-32(38)39)27(19-30(26)40-6)33(24-9-7-8-21(3)14-24)23-10-12-25(13-11-23)37(4)5/h7-16,18-20,33H,17H2,1-6H3,(H,38,39). The number of aryl methyl sites for hydroxylation is 1. The number of methoxy groups -OCH3 is 1. The molecule has 0 fully saturated rings. The fourth-order valence-corrected chi connectivity index (χ4v) is 6.44. The van der Waals surface area contributed by atoms with Gasteiger partial charge in [-0.25, -0.2) is 0 Å². The molecule has 0 bridgehead atoms. The second-order valence-electron chi connectivity index (χ2n) is 10.7. The molecule has 0 amide bonds. The fourth-order valence-electron chi connectivity index (χ4n) is 5.00. The predicted molar refractivity (Wildman–Crippen MR) is 173 cm³/mol. The topological polar surface area (TPSA) is 59.0 Å². The number of benzene rings is 4. The number of aliphatic carboxylic acids is 1. The number of hydrogen-bond donors (Lipinski definition) is 1. The Morgan fingerprint density at radius 1 is 0.878 bits per heavy atom. The summed E-state index contributed by atoms with van der Waals surface area (Å²) in [6, 6.07) is 24.9. The molecule has 41 heavy (non-hydrogen) atoms. The molecule has 0 radical (unpaired) electrons. The Labute approximate surface area is 259 Å². The first kappa shape index (κ1) is 30.7. The van der Waals surface area contributed by atoms with E-state index >= 15 is 0 Å². The third kappa shape index (κ3) is 7.14. The first-order valence-electron chi connectivity index (χ1n) is 13.4. The van der Waals surface area contributed by atoms with E-state index in [4.69, 9.17) is 9.47 Å². The molecule has 4 aromatic rings. The van der Waals surface area contributed by atoms with Gasteiger partial charge in [0.15, 0.2) is 5.75 Å². The summed E-state index contributed by atoms with van der Waals surface area (Å²) in [5.74, 6) is 1.25. The maximum Gasteiger partial charge on any atom is 0.307 e. The summed E-state index contributed by atoms with van der Waals surface area (Å²) >= 11 is 7.25. The highest BCUT2D eigenvalue weighted by molar-refractivity contribution is 9.11. The first-order valence-corrected chi connectivity index (χ1v) is 15.0. The summed E-state index contributed by atoms with van der Waals surface area (Å²) in [6.45, 7) is 6.36. The third-order valence-corrected chi connectivity index (χ3v) is 8.22. The fraction of sp³-hybridized carbons (Fsp3) is 0.265. The van der Waals surface area contributed by atoms with Gasteiger partial charge in [-0.15, -0.1) is 0 Å². The van der Waals surface area contributed by atoms with E-state index in [1.54, 1.807) is 19.2 Å². The van der Waals surface area contributed by atoms with Crippen LogP contribution in [0.1, 0.15) is 59.1 Å². The SMILES string of the molecule is COc1cc(C(c2ccc(N(C)C)cc2)c2cccc(C)c2)c(Oc2c(Br)cc(CC(=O)O)cc2Br)cc1C(C)C. The third-order valence-electron chi connectivity index (χ3n) is 7.04. The van der Waals surface area contributed by atoms with E-state index in [-0.39, 0.29) is 18.3 Å². The summed E-state index contributed by atoms with van der Waals surface area (Å²) in [6.07, 6.45) is -0.0822. The monoisotopic (exact) mass is 679 g/mol. The number of carbonyl (C=O) groups is 1. The average molecular weight is 681 g/mol.